The van der Waals surface area contributed by atoms with Crippen LogP contribution in [-0.4, -0.2) is 44.6 Å². The molecule has 0 heterocycles. The van der Waals surface area contributed by atoms with Crippen molar-refractivity contribution in [3.8, 4) is 0 Å². The SMILES string of the molecule is COCOC(C)(C)CC=C[C@](C)(O)[C@H]1CC[C@H]2[C@@H]3CC=C4CC(O[Si](C)(C)C(C)(C)C)CC[C@]4(C)[C@H]3CC[C@@]21C. The minimum atomic E-state index is -1.76. The highest BCUT2D eigenvalue weighted by Gasteiger charge is 2.61. The van der Waals surface area contributed by atoms with Gasteiger partial charge >= 0.3 is 0 Å². The molecule has 0 aromatic rings. The van der Waals surface area contributed by atoms with Crippen molar-refractivity contribution in [3.05, 3.63) is 23.8 Å². The Kier molecular flexibility index (Phi) is 9.11. The van der Waals surface area contributed by atoms with E-state index in [1.54, 1.807) is 12.7 Å². The number of allylic oxidation sites excluding steroid dienone is 1. The number of methoxy groups -OCH3 is 1. The van der Waals surface area contributed by atoms with E-state index in [9.17, 15) is 5.11 Å². The van der Waals surface area contributed by atoms with Crippen molar-refractivity contribution >= 4 is 8.32 Å². The van der Waals surface area contributed by atoms with Crippen LogP contribution in [-0.2, 0) is 13.9 Å². The number of rotatable bonds is 9. The molecule has 1 unspecified atom stereocenters. The van der Waals surface area contributed by atoms with Gasteiger partial charge in [0.1, 0.15) is 6.79 Å². The molecule has 5 heteroatoms. The van der Waals surface area contributed by atoms with Crippen LogP contribution in [0.15, 0.2) is 23.8 Å². The van der Waals surface area contributed by atoms with Crippen molar-refractivity contribution in [2.24, 2.45) is 34.5 Å². The van der Waals surface area contributed by atoms with E-state index in [-0.39, 0.29) is 16.1 Å². The lowest BCUT2D eigenvalue weighted by molar-refractivity contribution is -0.112. The first kappa shape index (κ1) is 32.5. The van der Waals surface area contributed by atoms with Gasteiger partial charge in [0.15, 0.2) is 8.32 Å². The summed E-state index contributed by atoms with van der Waals surface area (Å²) in [7, 11) is -0.102. The van der Waals surface area contributed by atoms with Crippen LogP contribution in [0, 0.1) is 34.5 Å². The Labute approximate surface area is 247 Å². The number of ether oxygens (including phenoxy) is 2. The van der Waals surface area contributed by atoms with E-state index in [2.05, 4.69) is 86.7 Å². The molecule has 4 aliphatic carbocycles. The average molecular weight is 575 g/mol. The average Bonchev–Trinajstić information content (AvgIpc) is 3.20. The van der Waals surface area contributed by atoms with Gasteiger partial charge in [0.05, 0.1) is 11.2 Å². The summed E-state index contributed by atoms with van der Waals surface area (Å²) in [6, 6.07) is 0. The zero-order valence-corrected chi connectivity index (χ0v) is 28.9. The fourth-order valence-corrected chi connectivity index (χ4v) is 10.6. The molecule has 0 spiro atoms. The molecule has 0 radical (unpaired) electrons. The van der Waals surface area contributed by atoms with E-state index in [1.165, 1.54) is 38.5 Å². The molecule has 8 atom stereocenters. The molecule has 40 heavy (non-hydrogen) atoms. The number of aliphatic hydroxyl groups is 1. The van der Waals surface area contributed by atoms with Gasteiger partial charge in [0.2, 0.25) is 0 Å². The fourth-order valence-electron chi connectivity index (χ4n) is 9.26. The van der Waals surface area contributed by atoms with Crippen molar-refractivity contribution in [1.82, 2.24) is 0 Å². The molecule has 230 valence electrons. The van der Waals surface area contributed by atoms with Crippen molar-refractivity contribution in [2.45, 2.75) is 149 Å². The van der Waals surface area contributed by atoms with E-state index >= 15 is 0 Å². The van der Waals surface area contributed by atoms with Crippen molar-refractivity contribution in [3.63, 3.8) is 0 Å². The van der Waals surface area contributed by atoms with Crippen LogP contribution in [0.1, 0.15) is 113 Å². The maximum atomic E-state index is 11.8. The molecule has 0 aliphatic heterocycles. The number of fused-ring (bicyclic) bond motifs is 5. The van der Waals surface area contributed by atoms with Gasteiger partial charge in [-0.25, -0.2) is 0 Å². The molecule has 0 saturated heterocycles. The first-order chi connectivity index (χ1) is 18.4. The third-order valence-corrected chi connectivity index (χ3v) is 17.2. The van der Waals surface area contributed by atoms with Gasteiger partial charge in [-0.3, -0.25) is 0 Å². The summed E-state index contributed by atoms with van der Waals surface area (Å²) >= 11 is 0. The molecule has 1 N–H and O–H groups in total. The normalized spacial score (nSPS) is 38.4. The Morgan fingerprint density at radius 2 is 1.70 bits per heavy atom. The molecule has 0 bridgehead atoms. The molecular weight excluding hydrogens is 512 g/mol. The minimum absolute atomic E-state index is 0.196. The Balaban J connectivity index is 1.46. The van der Waals surface area contributed by atoms with Crippen LogP contribution < -0.4 is 0 Å². The second-order valence-electron chi connectivity index (χ2n) is 16.8. The van der Waals surface area contributed by atoms with Crippen LogP contribution in [0.25, 0.3) is 0 Å². The molecule has 3 saturated carbocycles. The Bertz CT molecular complexity index is 959. The summed E-state index contributed by atoms with van der Waals surface area (Å²) in [5.41, 5.74) is 1.12. The van der Waals surface area contributed by atoms with Gasteiger partial charge < -0.3 is 19.0 Å². The van der Waals surface area contributed by atoms with Gasteiger partial charge in [-0.2, -0.15) is 0 Å². The second-order valence-corrected chi connectivity index (χ2v) is 21.6. The number of hydrogen-bond donors (Lipinski definition) is 1. The van der Waals surface area contributed by atoms with E-state index in [1.807, 2.05) is 0 Å². The first-order valence-electron chi connectivity index (χ1n) is 16.3. The predicted molar refractivity (Wildman–Crippen MR) is 169 cm³/mol. The topological polar surface area (TPSA) is 47.9 Å². The summed E-state index contributed by atoms with van der Waals surface area (Å²) in [6.45, 7) is 23.5. The van der Waals surface area contributed by atoms with Crippen LogP contribution in [0.5, 0.6) is 0 Å². The maximum absolute atomic E-state index is 11.8. The zero-order valence-electron chi connectivity index (χ0n) is 27.9. The van der Waals surface area contributed by atoms with Crippen molar-refractivity contribution in [1.29, 1.82) is 0 Å². The Morgan fingerprint density at radius 3 is 2.35 bits per heavy atom. The summed E-state index contributed by atoms with van der Waals surface area (Å²) in [5, 5.41) is 12.1. The van der Waals surface area contributed by atoms with Crippen molar-refractivity contribution in [2.75, 3.05) is 13.9 Å². The molecular formula is C35H62O4Si. The summed E-state index contributed by atoms with van der Waals surface area (Å²) in [5.74, 6) is 2.53. The van der Waals surface area contributed by atoms with Crippen LogP contribution in [0.3, 0.4) is 0 Å². The van der Waals surface area contributed by atoms with Gasteiger partial charge in [-0.1, -0.05) is 58.4 Å². The Hall–Kier alpha value is -0.463. The predicted octanol–water partition coefficient (Wildman–Crippen LogP) is 9.05. The molecule has 4 aliphatic rings. The lowest BCUT2D eigenvalue weighted by atomic mass is 9.47. The highest BCUT2D eigenvalue weighted by atomic mass is 28.4. The van der Waals surface area contributed by atoms with Gasteiger partial charge in [0, 0.05) is 13.2 Å². The number of hydrogen-bond acceptors (Lipinski definition) is 4. The quantitative estimate of drug-likeness (QED) is 0.169. The molecule has 4 rings (SSSR count). The smallest absolute Gasteiger partial charge is 0.192 e. The monoisotopic (exact) mass is 574 g/mol. The van der Waals surface area contributed by atoms with E-state index < -0.39 is 13.9 Å². The molecule has 0 amide bonds. The highest BCUT2D eigenvalue weighted by Crippen LogP contribution is 2.67. The van der Waals surface area contributed by atoms with E-state index in [0.717, 1.165) is 31.1 Å². The van der Waals surface area contributed by atoms with E-state index in [0.29, 0.717) is 30.1 Å². The van der Waals surface area contributed by atoms with Gasteiger partial charge in [-0.15, -0.1) is 0 Å². The standard InChI is InChI=1S/C35H62O4Si/c1-31(2,3)40(10,11)39-26-17-21-33(6)25(23-26)13-14-27-28-15-16-30(34(28,7)22-18-29(27)33)35(8,36)20-12-19-32(4,5)38-24-37-9/h12-13,20,26-30,36H,14-19,21-24H2,1-11H3/t26?,27-,28-,29-,30-,33-,34-,35-/m0/s1. The van der Waals surface area contributed by atoms with E-state index in [4.69, 9.17) is 13.9 Å². The maximum Gasteiger partial charge on any atom is 0.192 e. The molecule has 4 nitrogen and oxygen atoms in total. The van der Waals surface area contributed by atoms with Gasteiger partial charge in [0.25, 0.3) is 0 Å². The molecule has 0 aromatic carbocycles. The first-order valence-corrected chi connectivity index (χ1v) is 19.2. The van der Waals surface area contributed by atoms with Crippen LogP contribution in [0.2, 0.25) is 18.1 Å². The highest BCUT2D eigenvalue weighted by molar-refractivity contribution is 6.74. The lowest BCUT2D eigenvalue weighted by Gasteiger charge is -2.59. The van der Waals surface area contributed by atoms with Crippen LogP contribution >= 0.6 is 0 Å². The third kappa shape index (κ3) is 6.11. The van der Waals surface area contributed by atoms with Gasteiger partial charge in [-0.05, 0) is 131 Å². The lowest BCUT2D eigenvalue weighted by Crippen LogP contribution is -2.53. The Morgan fingerprint density at radius 1 is 1.00 bits per heavy atom. The fraction of sp³-hybridized carbons (Fsp3) is 0.886. The van der Waals surface area contributed by atoms with Crippen LogP contribution in [0.4, 0.5) is 0 Å². The third-order valence-electron chi connectivity index (χ3n) is 12.7. The second kappa shape index (κ2) is 11.2. The summed E-state index contributed by atoms with van der Waals surface area (Å²) in [6.07, 6.45) is 17.8. The van der Waals surface area contributed by atoms with Crippen molar-refractivity contribution < 1.29 is 19.0 Å². The summed E-state index contributed by atoms with van der Waals surface area (Å²) < 4.78 is 17.8. The minimum Gasteiger partial charge on any atom is -0.414 e. The summed E-state index contributed by atoms with van der Waals surface area (Å²) in [4.78, 5) is 0. The zero-order chi connectivity index (χ0) is 29.8. The molecule has 0 aromatic heterocycles. The largest absolute Gasteiger partial charge is 0.414 e. The molecule has 3 fully saturated rings.